The zero-order chi connectivity index (χ0) is 22.7. The third-order valence-electron chi connectivity index (χ3n) is 5.82. The van der Waals surface area contributed by atoms with Crippen molar-refractivity contribution in [1.82, 2.24) is 14.2 Å². The molecule has 2 heterocycles. The minimum atomic E-state index is -1.35. The molecule has 1 saturated heterocycles. The second kappa shape index (κ2) is 10.4. The fraction of sp³-hybridized carbons (Fsp3) is 0.762. The van der Waals surface area contributed by atoms with Crippen molar-refractivity contribution < 1.29 is 13.8 Å². The van der Waals surface area contributed by atoms with E-state index in [1.165, 1.54) is 4.57 Å². The number of aryl methyl sites for hydroxylation is 1. The molecular weight excluding hydrogens is 419 g/mol. The number of aromatic nitrogens is 2. The smallest absolute Gasteiger partial charge is 0.330 e. The van der Waals surface area contributed by atoms with Crippen LogP contribution in [0.2, 0.25) is 0 Å². The molecule has 0 amide bonds. The number of hydrogen-bond acceptors (Lipinski definition) is 7. The summed E-state index contributed by atoms with van der Waals surface area (Å²) in [6.45, 7) is 10.4. The summed E-state index contributed by atoms with van der Waals surface area (Å²) in [7, 11) is -1.35. The van der Waals surface area contributed by atoms with E-state index in [4.69, 9.17) is 19.0 Å². The number of nitrogens with one attached hydrogen (secondary N) is 1. The maximum absolute atomic E-state index is 12.3. The predicted octanol–water partition coefficient (Wildman–Crippen LogP) is 3.20. The van der Waals surface area contributed by atoms with E-state index in [2.05, 4.69) is 43.4 Å². The van der Waals surface area contributed by atoms with Gasteiger partial charge in [0, 0.05) is 23.8 Å². The SMILES string of the molecule is Cc1cn([C@@H]2C[C@H]3CC[C@@H](OP(OCCC#N)N(C(C)C)C(C)C)[C@H]3O2)c(=O)[nH]c1=O. The van der Waals surface area contributed by atoms with Gasteiger partial charge in [-0.2, -0.15) is 5.26 Å². The Bertz CT molecular complexity index is 900. The van der Waals surface area contributed by atoms with Crippen molar-refractivity contribution in [2.75, 3.05) is 6.61 Å². The largest absolute Gasteiger partial charge is 0.352 e. The summed E-state index contributed by atoms with van der Waals surface area (Å²) >= 11 is 0. The third kappa shape index (κ3) is 5.44. The first-order chi connectivity index (χ1) is 14.7. The lowest BCUT2D eigenvalue weighted by Crippen LogP contribution is -2.36. The van der Waals surface area contributed by atoms with Crippen molar-refractivity contribution in [3.63, 3.8) is 0 Å². The van der Waals surface area contributed by atoms with Gasteiger partial charge in [0.25, 0.3) is 14.1 Å². The van der Waals surface area contributed by atoms with Gasteiger partial charge in [-0.05, 0) is 59.8 Å². The van der Waals surface area contributed by atoms with Crippen molar-refractivity contribution in [2.45, 2.75) is 90.8 Å². The van der Waals surface area contributed by atoms with Crippen molar-refractivity contribution >= 4 is 8.53 Å². The third-order valence-corrected chi connectivity index (χ3v) is 7.97. The van der Waals surface area contributed by atoms with Gasteiger partial charge in [-0.25, -0.2) is 9.46 Å². The predicted molar refractivity (Wildman–Crippen MR) is 117 cm³/mol. The minimum absolute atomic E-state index is 0.130. The molecule has 1 aliphatic carbocycles. The second-order valence-corrected chi connectivity index (χ2v) is 10.2. The summed E-state index contributed by atoms with van der Waals surface area (Å²) in [5.74, 6) is 0.289. The average molecular weight is 452 g/mol. The maximum Gasteiger partial charge on any atom is 0.330 e. The molecule has 1 N–H and O–H groups in total. The number of hydrogen-bond donors (Lipinski definition) is 1. The molecule has 1 aromatic heterocycles. The molecule has 10 heteroatoms. The normalized spacial score (nSPS) is 26.5. The van der Waals surface area contributed by atoms with Gasteiger partial charge in [-0.1, -0.05) is 0 Å². The van der Waals surface area contributed by atoms with E-state index in [1.807, 2.05) is 0 Å². The van der Waals surface area contributed by atoms with Gasteiger partial charge in [-0.3, -0.25) is 14.3 Å². The first kappa shape index (κ1) is 24.1. The van der Waals surface area contributed by atoms with Gasteiger partial charge in [0.05, 0.1) is 31.3 Å². The van der Waals surface area contributed by atoms with Crippen LogP contribution < -0.4 is 11.2 Å². The molecule has 2 aliphatic rings. The van der Waals surface area contributed by atoms with Crippen LogP contribution in [0.15, 0.2) is 15.8 Å². The molecule has 1 aromatic rings. The highest BCUT2D eigenvalue weighted by molar-refractivity contribution is 7.44. The van der Waals surface area contributed by atoms with Crippen LogP contribution in [0.4, 0.5) is 0 Å². The van der Waals surface area contributed by atoms with E-state index >= 15 is 0 Å². The van der Waals surface area contributed by atoms with Crippen molar-refractivity contribution in [2.24, 2.45) is 5.92 Å². The standard InChI is InChI=1S/C21H33N4O5P/c1-13(2)25(14(3)4)31(28-10-6-9-22)30-17-8-7-16-11-18(29-19(16)17)24-12-15(5)20(26)23-21(24)27/h12-14,16-19H,6-8,10-11H2,1-5H3,(H,23,26,27)/t16-,17-,18+,19+,31?/m1/s1. The summed E-state index contributed by atoms with van der Waals surface area (Å²) in [5, 5.41) is 8.89. The lowest BCUT2D eigenvalue weighted by Gasteiger charge is -2.37. The lowest BCUT2D eigenvalue weighted by molar-refractivity contribution is -0.0513. The average Bonchev–Trinajstić information content (AvgIpc) is 3.26. The van der Waals surface area contributed by atoms with Crippen LogP contribution >= 0.6 is 8.53 Å². The Kier molecular flexibility index (Phi) is 8.06. The van der Waals surface area contributed by atoms with Crippen LogP contribution in [0.25, 0.3) is 0 Å². The molecule has 9 nitrogen and oxygen atoms in total. The van der Waals surface area contributed by atoms with E-state index in [1.54, 1.807) is 13.1 Å². The molecule has 172 valence electrons. The summed E-state index contributed by atoms with van der Waals surface area (Å²) in [5.41, 5.74) is -0.346. The van der Waals surface area contributed by atoms with Crippen molar-refractivity contribution in [1.29, 1.82) is 5.26 Å². The topological polar surface area (TPSA) is 110 Å². The van der Waals surface area contributed by atoms with Crippen molar-refractivity contribution in [3.8, 4) is 6.07 Å². The second-order valence-electron chi connectivity index (χ2n) is 8.80. The summed E-state index contributed by atoms with van der Waals surface area (Å²) < 4.78 is 22.5. The summed E-state index contributed by atoms with van der Waals surface area (Å²) in [6.07, 6.45) is 3.73. The van der Waals surface area contributed by atoms with Crippen LogP contribution in [0.3, 0.4) is 0 Å². The van der Waals surface area contributed by atoms with E-state index in [0.717, 1.165) is 12.8 Å². The Balaban J connectivity index is 1.74. The number of nitrogens with zero attached hydrogens (tertiary/aromatic N) is 3. The van der Waals surface area contributed by atoms with Gasteiger partial charge >= 0.3 is 5.69 Å². The highest BCUT2D eigenvalue weighted by Gasteiger charge is 2.47. The number of rotatable bonds is 9. The van der Waals surface area contributed by atoms with E-state index in [9.17, 15) is 9.59 Å². The fourth-order valence-electron chi connectivity index (χ4n) is 4.46. The highest BCUT2D eigenvalue weighted by Crippen LogP contribution is 2.52. The molecule has 2 fully saturated rings. The van der Waals surface area contributed by atoms with Gasteiger partial charge < -0.3 is 13.8 Å². The minimum Gasteiger partial charge on any atom is -0.352 e. The first-order valence-corrected chi connectivity index (χ1v) is 12.1. The number of fused-ring (bicyclic) bond motifs is 1. The highest BCUT2D eigenvalue weighted by atomic mass is 31.2. The molecule has 0 spiro atoms. The molecular formula is C21H33N4O5P. The molecule has 5 atom stereocenters. The van der Waals surface area contributed by atoms with Crippen LogP contribution in [0.5, 0.6) is 0 Å². The molecule has 0 radical (unpaired) electrons. The quantitative estimate of drug-likeness (QED) is 0.453. The number of H-pyrrole nitrogens is 1. The zero-order valence-electron chi connectivity index (χ0n) is 18.9. The molecule has 1 saturated carbocycles. The molecule has 3 rings (SSSR count). The van der Waals surface area contributed by atoms with E-state index in [0.29, 0.717) is 25.0 Å². The molecule has 1 unspecified atom stereocenters. The Morgan fingerprint density at radius 3 is 2.68 bits per heavy atom. The summed E-state index contributed by atoms with van der Waals surface area (Å²) in [6, 6.07) is 2.57. The van der Waals surface area contributed by atoms with Crippen LogP contribution in [-0.2, 0) is 13.8 Å². The number of aromatic amines is 1. The summed E-state index contributed by atoms with van der Waals surface area (Å²) in [4.78, 5) is 26.3. The van der Waals surface area contributed by atoms with Crippen LogP contribution in [-0.4, -0.2) is 45.1 Å². The van der Waals surface area contributed by atoms with E-state index in [-0.39, 0.29) is 35.8 Å². The van der Waals surface area contributed by atoms with Crippen LogP contribution in [0.1, 0.15) is 65.2 Å². The maximum atomic E-state index is 12.3. The Hall–Kier alpha value is -1.56. The van der Waals surface area contributed by atoms with Gasteiger partial charge in [0.15, 0.2) is 0 Å². The lowest BCUT2D eigenvalue weighted by atomic mass is 10.0. The zero-order valence-corrected chi connectivity index (χ0v) is 19.8. The Labute approximate surface area is 184 Å². The molecule has 0 bridgehead atoms. The van der Waals surface area contributed by atoms with Gasteiger partial charge in [-0.15, -0.1) is 0 Å². The van der Waals surface area contributed by atoms with Crippen molar-refractivity contribution in [3.05, 3.63) is 32.6 Å². The number of nitriles is 1. The Morgan fingerprint density at radius 2 is 2.03 bits per heavy atom. The molecule has 0 aromatic carbocycles. The van der Waals surface area contributed by atoms with Gasteiger partial charge in [0.1, 0.15) is 6.23 Å². The number of ether oxygens (including phenoxy) is 1. The first-order valence-electron chi connectivity index (χ1n) is 11.0. The Morgan fingerprint density at radius 1 is 1.32 bits per heavy atom. The monoisotopic (exact) mass is 452 g/mol. The van der Waals surface area contributed by atoms with Gasteiger partial charge in [0.2, 0.25) is 0 Å². The fourth-order valence-corrected chi connectivity index (χ4v) is 6.22. The molecule has 1 aliphatic heterocycles. The van der Waals surface area contributed by atoms with E-state index < -0.39 is 20.4 Å². The van der Waals surface area contributed by atoms with Crippen LogP contribution in [0, 0.1) is 24.2 Å². The molecule has 31 heavy (non-hydrogen) atoms.